The predicted octanol–water partition coefficient (Wildman–Crippen LogP) is 4.35. The molecule has 1 N–H and O–H groups in total. The molecule has 1 heterocycles. The van der Waals surface area contributed by atoms with Gasteiger partial charge in [-0.05, 0) is 31.9 Å². The Bertz CT molecular complexity index is 528. The van der Waals surface area contributed by atoms with Gasteiger partial charge in [0, 0.05) is 23.8 Å². The van der Waals surface area contributed by atoms with Gasteiger partial charge in [-0.1, -0.05) is 44.9 Å². The van der Waals surface area contributed by atoms with Crippen molar-refractivity contribution in [3.05, 3.63) is 48.3 Å². The van der Waals surface area contributed by atoms with Crippen LogP contribution in [0.1, 0.15) is 52.1 Å². The Morgan fingerprint density at radius 3 is 2.38 bits per heavy atom. The molecule has 114 valence electrons. The van der Waals surface area contributed by atoms with Gasteiger partial charge in [-0.25, -0.2) is 4.68 Å². The molecule has 1 aromatic carbocycles. The zero-order valence-corrected chi connectivity index (χ0v) is 13.6. The van der Waals surface area contributed by atoms with E-state index in [4.69, 9.17) is 0 Å². The van der Waals surface area contributed by atoms with Gasteiger partial charge in [-0.2, -0.15) is 5.10 Å². The van der Waals surface area contributed by atoms with Crippen molar-refractivity contribution in [2.75, 3.05) is 0 Å². The van der Waals surface area contributed by atoms with Crippen molar-refractivity contribution in [1.29, 1.82) is 0 Å². The standard InChI is InChI=1S/C18H27N3/c1-5-16(6-2)14(3)20-15(4)17-12-19-21(13-17)18-10-8-7-9-11-18/h7-16,20H,5-6H2,1-4H3. The summed E-state index contributed by atoms with van der Waals surface area (Å²) in [5.41, 5.74) is 2.33. The molecule has 0 fully saturated rings. The molecule has 2 aromatic rings. The van der Waals surface area contributed by atoms with Gasteiger partial charge in [-0.3, -0.25) is 0 Å². The minimum absolute atomic E-state index is 0.318. The molecular formula is C18H27N3. The van der Waals surface area contributed by atoms with E-state index in [2.05, 4.69) is 56.4 Å². The van der Waals surface area contributed by atoms with Crippen LogP contribution in [0.25, 0.3) is 5.69 Å². The average Bonchev–Trinajstić information content (AvgIpc) is 2.99. The van der Waals surface area contributed by atoms with Crippen molar-refractivity contribution < 1.29 is 0 Å². The van der Waals surface area contributed by atoms with E-state index < -0.39 is 0 Å². The van der Waals surface area contributed by atoms with Gasteiger partial charge >= 0.3 is 0 Å². The highest BCUT2D eigenvalue weighted by atomic mass is 15.3. The van der Waals surface area contributed by atoms with E-state index in [1.807, 2.05) is 29.1 Å². The maximum atomic E-state index is 4.48. The number of hydrogen-bond donors (Lipinski definition) is 1. The summed E-state index contributed by atoms with van der Waals surface area (Å²) < 4.78 is 1.94. The Hall–Kier alpha value is -1.61. The molecule has 0 aliphatic carbocycles. The lowest BCUT2D eigenvalue weighted by molar-refractivity contribution is 0.330. The molecule has 21 heavy (non-hydrogen) atoms. The molecule has 0 saturated carbocycles. The zero-order chi connectivity index (χ0) is 15.2. The number of para-hydroxylation sites is 1. The third-order valence-corrected chi connectivity index (χ3v) is 4.39. The molecule has 3 nitrogen and oxygen atoms in total. The molecule has 0 spiro atoms. The first kappa shape index (κ1) is 15.8. The number of hydrogen-bond acceptors (Lipinski definition) is 2. The second kappa shape index (κ2) is 7.41. The summed E-state index contributed by atoms with van der Waals surface area (Å²) in [7, 11) is 0. The topological polar surface area (TPSA) is 29.9 Å². The Morgan fingerprint density at radius 2 is 1.76 bits per heavy atom. The number of aromatic nitrogens is 2. The third-order valence-electron chi connectivity index (χ3n) is 4.39. The van der Waals surface area contributed by atoms with E-state index >= 15 is 0 Å². The summed E-state index contributed by atoms with van der Waals surface area (Å²) in [6.07, 6.45) is 6.53. The van der Waals surface area contributed by atoms with E-state index in [-0.39, 0.29) is 0 Å². The van der Waals surface area contributed by atoms with Crippen LogP contribution in [0.15, 0.2) is 42.7 Å². The van der Waals surface area contributed by atoms with Crippen LogP contribution < -0.4 is 5.32 Å². The lowest BCUT2D eigenvalue weighted by Crippen LogP contribution is -2.34. The fourth-order valence-electron chi connectivity index (χ4n) is 2.90. The third kappa shape index (κ3) is 3.94. The molecule has 2 unspecified atom stereocenters. The smallest absolute Gasteiger partial charge is 0.0645 e. The Labute approximate surface area is 128 Å². The lowest BCUT2D eigenvalue weighted by Gasteiger charge is -2.26. The Balaban J connectivity index is 2.04. The number of rotatable bonds is 7. The maximum Gasteiger partial charge on any atom is 0.0645 e. The van der Waals surface area contributed by atoms with Crippen LogP contribution in [0.5, 0.6) is 0 Å². The highest BCUT2D eigenvalue weighted by molar-refractivity contribution is 5.31. The number of nitrogens with zero attached hydrogens (tertiary/aromatic N) is 2. The fraction of sp³-hybridized carbons (Fsp3) is 0.500. The number of nitrogens with one attached hydrogen (secondary N) is 1. The highest BCUT2D eigenvalue weighted by Gasteiger charge is 2.17. The molecular weight excluding hydrogens is 258 g/mol. The second-order valence-corrected chi connectivity index (χ2v) is 5.81. The SMILES string of the molecule is CCC(CC)C(C)NC(C)c1cnn(-c2ccccc2)c1. The average molecular weight is 285 g/mol. The van der Waals surface area contributed by atoms with E-state index in [1.54, 1.807) is 0 Å². The largest absolute Gasteiger partial charge is 0.307 e. The van der Waals surface area contributed by atoms with Crippen molar-refractivity contribution in [2.45, 2.75) is 52.6 Å². The van der Waals surface area contributed by atoms with Crippen LogP contribution in [0.2, 0.25) is 0 Å². The van der Waals surface area contributed by atoms with Crippen LogP contribution in [-0.2, 0) is 0 Å². The summed E-state index contributed by atoms with van der Waals surface area (Å²) in [6.45, 7) is 9.04. The monoisotopic (exact) mass is 285 g/mol. The lowest BCUT2D eigenvalue weighted by atomic mass is 9.94. The molecule has 1 aromatic heterocycles. The molecule has 2 rings (SSSR count). The molecule has 0 amide bonds. The van der Waals surface area contributed by atoms with Gasteiger partial charge < -0.3 is 5.32 Å². The van der Waals surface area contributed by atoms with E-state index in [0.29, 0.717) is 12.1 Å². The quantitative estimate of drug-likeness (QED) is 0.819. The van der Waals surface area contributed by atoms with Crippen molar-refractivity contribution in [3.8, 4) is 5.69 Å². The van der Waals surface area contributed by atoms with Gasteiger partial charge in [0.1, 0.15) is 0 Å². The van der Waals surface area contributed by atoms with Gasteiger partial charge in [0.15, 0.2) is 0 Å². The summed E-state index contributed by atoms with van der Waals surface area (Å²) in [6, 6.07) is 11.1. The molecule has 2 atom stereocenters. The minimum Gasteiger partial charge on any atom is -0.307 e. The summed E-state index contributed by atoms with van der Waals surface area (Å²) in [5, 5.41) is 8.19. The molecule has 3 heteroatoms. The first-order valence-corrected chi connectivity index (χ1v) is 8.01. The van der Waals surface area contributed by atoms with E-state index in [0.717, 1.165) is 11.6 Å². The molecule has 0 bridgehead atoms. The van der Waals surface area contributed by atoms with Crippen LogP contribution in [-0.4, -0.2) is 15.8 Å². The first-order valence-electron chi connectivity index (χ1n) is 8.01. The van der Waals surface area contributed by atoms with Gasteiger partial charge in [0.2, 0.25) is 0 Å². The molecule has 0 aliphatic heterocycles. The van der Waals surface area contributed by atoms with Crippen LogP contribution in [0, 0.1) is 5.92 Å². The van der Waals surface area contributed by atoms with E-state index in [1.165, 1.54) is 18.4 Å². The minimum atomic E-state index is 0.318. The zero-order valence-electron chi connectivity index (χ0n) is 13.6. The Morgan fingerprint density at radius 1 is 1.10 bits per heavy atom. The van der Waals surface area contributed by atoms with E-state index in [9.17, 15) is 0 Å². The highest BCUT2D eigenvalue weighted by Crippen LogP contribution is 2.19. The van der Waals surface area contributed by atoms with Gasteiger partial charge in [-0.15, -0.1) is 0 Å². The first-order chi connectivity index (χ1) is 10.2. The van der Waals surface area contributed by atoms with Crippen molar-refractivity contribution in [2.24, 2.45) is 5.92 Å². The van der Waals surface area contributed by atoms with Crippen molar-refractivity contribution in [1.82, 2.24) is 15.1 Å². The summed E-state index contributed by atoms with van der Waals surface area (Å²) >= 11 is 0. The second-order valence-electron chi connectivity index (χ2n) is 5.81. The maximum absolute atomic E-state index is 4.48. The van der Waals surface area contributed by atoms with Gasteiger partial charge in [0.05, 0.1) is 11.9 Å². The van der Waals surface area contributed by atoms with Crippen LogP contribution >= 0.6 is 0 Å². The van der Waals surface area contributed by atoms with Crippen molar-refractivity contribution in [3.63, 3.8) is 0 Å². The predicted molar refractivity (Wildman–Crippen MR) is 88.6 cm³/mol. The van der Waals surface area contributed by atoms with Crippen LogP contribution in [0.3, 0.4) is 0 Å². The summed E-state index contributed by atoms with van der Waals surface area (Å²) in [5.74, 6) is 0.733. The molecule has 0 radical (unpaired) electrons. The normalized spacial score (nSPS) is 14.3. The number of benzene rings is 1. The fourth-order valence-corrected chi connectivity index (χ4v) is 2.90. The van der Waals surface area contributed by atoms with Crippen LogP contribution in [0.4, 0.5) is 0 Å². The van der Waals surface area contributed by atoms with Crippen molar-refractivity contribution >= 4 is 0 Å². The van der Waals surface area contributed by atoms with Gasteiger partial charge in [0.25, 0.3) is 0 Å². The summed E-state index contributed by atoms with van der Waals surface area (Å²) in [4.78, 5) is 0. The molecule has 0 saturated heterocycles. The molecule has 0 aliphatic rings. The Kier molecular flexibility index (Phi) is 5.57.